The number of rotatable bonds is 18. The Hall–Kier alpha value is -0.870. The van der Waals surface area contributed by atoms with Gasteiger partial charge in [-0.2, -0.15) is 0 Å². The Kier molecular flexibility index (Phi) is 16.7. The van der Waals surface area contributed by atoms with Gasteiger partial charge in [-0.3, -0.25) is 4.79 Å². The molecule has 0 radical (unpaired) electrons. The summed E-state index contributed by atoms with van der Waals surface area (Å²) in [4.78, 5) is 11.9. The van der Waals surface area contributed by atoms with E-state index in [0.717, 1.165) is 12.8 Å². The van der Waals surface area contributed by atoms with Crippen LogP contribution in [0.25, 0.3) is 0 Å². The van der Waals surface area contributed by atoms with Gasteiger partial charge in [-0.05, 0) is 32.1 Å². The van der Waals surface area contributed by atoms with Crippen molar-refractivity contribution in [2.24, 2.45) is 0 Å². The maximum Gasteiger partial charge on any atom is 0.224 e. The Morgan fingerprint density at radius 2 is 1.33 bits per heavy atom. The zero-order valence-corrected chi connectivity index (χ0v) is 18.6. The maximum absolute atomic E-state index is 11.9. The highest BCUT2D eigenvalue weighted by Gasteiger charge is 2.19. The molecular weight excluding hydrogens is 336 g/mol. The minimum atomic E-state index is -0.464. The van der Waals surface area contributed by atoms with Gasteiger partial charge < -0.3 is 15.2 Å². The monoisotopic (exact) mass is 382 g/mol. The molecule has 27 heavy (non-hydrogen) atoms. The number of nitrogens with zero attached hydrogens (tertiary/aromatic N) is 1. The van der Waals surface area contributed by atoms with Crippen LogP contribution in [-0.2, 0) is 4.79 Å². The first kappa shape index (κ1) is 26.1. The van der Waals surface area contributed by atoms with Crippen LogP contribution in [0.1, 0.15) is 110 Å². The summed E-state index contributed by atoms with van der Waals surface area (Å²) in [7, 11) is 3.16. The van der Waals surface area contributed by atoms with Gasteiger partial charge in [0.25, 0.3) is 0 Å². The van der Waals surface area contributed by atoms with Gasteiger partial charge in [0.05, 0.1) is 14.1 Å². The van der Waals surface area contributed by atoms with Crippen molar-refractivity contribution in [3.63, 3.8) is 0 Å². The minimum absolute atomic E-state index is 0.0153. The number of carbonyl (C=O) groups is 1. The number of nitrogens with one attached hydrogen (secondary N) is 1. The third-order valence-electron chi connectivity index (χ3n) is 5.13. The molecule has 0 saturated heterocycles. The van der Waals surface area contributed by atoms with Crippen molar-refractivity contribution >= 4 is 5.91 Å². The largest absolute Gasteiger partial charge is 0.632 e. The molecule has 0 aliphatic heterocycles. The SMILES string of the molecule is CCCCCCCC/C=C\CCCCCCCC(=O)NC(CC)[N+](C)(C)[O-]. The number of unbranched alkanes of at least 4 members (excludes halogenated alkanes) is 11. The van der Waals surface area contributed by atoms with E-state index in [9.17, 15) is 10.0 Å². The van der Waals surface area contributed by atoms with E-state index in [0.29, 0.717) is 12.8 Å². The molecule has 0 fully saturated rings. The van der Waals surface area contributed by atoms with E-state index in [1.807, 2.05) is 6.92 Å². The molecule has 0 saturated carbocycles. The van der Waals surface area contributed by atoms with Crippen LogP contribution in [0, 0.1) is 5.21 Å². The fourth-order valence-electron chi connectivity index (χ4n) is 3.31. The van der Waals surface area contributed by atoms with E-state index in [1.54, 1.807) is 14.1 Å². The summed E-state index contributed by atoms with van der Waals surface area (Å²) in [5, 5.41) is 14.8. The van der Waals surface area contributed by atoms with E-state index >= 15 is 0 Å². The zero-order valence-electron chi connectivity index (χ0n) is 18.6. The molecule has 160 valence electrons. The molecule has 0 aromatic rings. The fourth-order valence-corrected chi connectivity index (χ4v) is 3.31. The molecule has 0 aromatic carbocycles. The van der Waals surface area contributed by atoms with Crippen LogP contribution in [0.2, 0.25) is 0 Å². The predicted octanol–water partition coefficient (Wildman–Crippen LogP) is 6.45. The van der Waals surface area contributed by atoms with Crippen molar-refractivity contribution in [3.8, 4) is 0 Å². The van der Waals surface area contributed by atoms with Gasteiger partial charge in [-0.1, -0.05) is 77.4 Å². The van der Waals surface area contributed by atoms with Gasteiger partial charge in [-0.25, -0.2) is 0 Å². The minimum Gasteiger partial charge on any atom is -0.632 e. The third-order valence-corrected chi connectivity index (χ3v) is 5.13. The Morgan fingerprint density at radius 1 is 0.852 bits per heavy atom. The first-order chi connectivity index (χ1) is 12.9. The van der Waals surface area contributed by atoms with Gasteiger partial charge in [0.15, 0.2) is 6.17 Å². The van der Waals surface area contributed by atoms with Crippen molar-refractivity contribution in [1.29, 1.82) is 0 Å². The highest BCUT2D eigenvalue weighted by molar-refractivity contribution is 5.75. The Labute approximate surface area is 169 Å². The zero-order chi connectivity index (χ0) is 20.4. The van der Waals surface area contributed by atoms with Gasteiger partial charge in [0, 0.05) is 12.8 Å². The highest BCUT2D eigenvalue weighted by atomic mass is 16.5. The van der Waals surface area contributed by atoms with Crippen molar-refractivity contribution in [2.75, 3.05) is 14.1 Å². The maximum atomic E-state index is 11.9. The number of amides is 1. The summed E-state index contributed by atoms with van der Waals surface area (Å²) < 4.78 is -0.464. The molecule has 0 bridgehead atoms. The third kappa shape index (κ3) is 17.0. The topological polar surface area (TPSA) is 52.2 Å². The van der Waals surface area contributed by atoms with Gasteiger partial charge in [0.2, 0.25) is 5.91 Å². The Morgan fingerprint density at radius 3 is 1.81 bits per heavy atom. The van der Waals surface area contributed by atoms with E-state index in [2.05, 4.69) is 24.4 Å². The lowest BCUT2D eigenvalue weighted by atomic mass is 10.1. The average molecular weight is 383 g/mol. The molecule has 0 heterocycles. The summed E-state index contributed by atoms with van der Waals surface area (Å²) in [6.07, 6.45) is 21.9. The molecule has 0 spiro atoms. The molecule has 4 heteroatoms. The number of carbonyl (C=O) groups excluding carboxylic acids is 1. The predicted molar refractivity (Wildman–Crippen MR) is 117 cm³/mol. The van der Waals surface area contributed by atoms with Crippen LogP contribution >= 0.6 is 0 Å². The smallest absolute Gasteiger partial charge is 0.224 e. The fraction of sp³-hybridized carbons (Fsp3) is 0.870. The standard InChI is InChI=1S/C23H46N2O2/c1-5-7-8-9-10-11-12-13-14-15-16-17-18-19-20-21-23(26)24-22(6-2)25(3,4)27/h13-14,22H,5-12,15-21H2,1-4H3,(H,24,26)/b14-13-. The normalized spacial score (nSPS) is 13.2. The number of hydrogen-bond acceptors (Lipinski definition) is 2. The second-order valence-corrected chi connectivity index (χ2v) is 8.26. The average Bonchev–Trinajstić information content (AvgIpc) is 2.62. The van der Waals surface area contributed by atoms with E-state index < -0.39 is 4.65 Å². The van der Waals surface area contributed by atoms with Crippen LogP contribution < -0.4 is 5.32 Å². The van der Waals surface area contributed by atoms with Gasteiger partial charge >= 0.3 is 0 Å². The van der Waals surface area contributed by atoms with E-state index in [-0.39, 0.29) is 12.1 Å². The van der Waals surface area contributed by atoms with Crippen LogP contribution in [0.3, 0.4) is 0 Å². The number of quaternary nitrogens is 1. The summed E-state index contributed by atoms with van der Waals surface area (Å²) >= 11 is 0. The summed E-state index contributed by atoms with van der Waals surface area (Å²) in [6.45, 7) is 4.20. The first-order valence-electron chi connectivity index (χ1n) is 11.4. The van der Waals surface area contributed by atoms with Crippen LogP contribution in [0.4, 0.5) is 0 Å². The summed E-state index contributed by atoms with van der Waals surface area (Å²) in [6, 6.07) is 0. The van der Waals surface area contributed by atoms with Crippen molar-refractivity contribution in [1.82, 2.24) is 5.32 Å². The Balaban J connectivity index is 3.44. The molecular formula is C23H46N2O2. The lowest BCUT2D eigenvalue weighted by Gasteiger charge is -2.41. The molecule has 0 aromatic heterocycles. The number of allylic oxidation sites excluding steroid dienone is 2. The number of hydroxylamine groups is 3. The quantitative estimate of drug-likeness (QED) is 0.0973. The second kappa shape index (κ2) is 17.2. The molecule has 1 unspecified atom stereocenters. The van der Waals surface area contributed by atoms with Gasteiger partial charge in [0.1, 0.15) is 0 Å². The molecule has 0 aliphatic carbocycles. The van der Waals surface area contributed by atoms with Crippen LogP contribution in [0.5, 0.6) is 0 Å². The second-order valence-electron chi connectivity index (χ2n) is 8.26. The molecule has 1 atom stereocenters. The van der Waals surface area contributed by atoms with Crippen LogP contribution in [-0.4, -0.2) is 30.8 Å². The molecule has 0 aliphatic rings. The van der Waals surface area contributed by atoms with Crippen molar-refractivity contribution in [2.45, 2.75) is 116 Å². The molecule has 1 N–H and O–H groups in total. The van der Waals surface area contributed by atoms with E-state index in [1.165, 1.54) is 70.6 Å². The lowest BCUT2D eigenvalue weighted by Crippen LogP contribution is -2.53. The lowest BCUT2D eigenvalue weighted by molar-refractivity contribution is -0.869. The summed E-state index contributed by atoms with van der Waals surface area (Å²) in [5.74, 6) is 0.0153. The van der Waals surface area contributed by atoms with Crippen molar-refractivity contribution < 1.29 is 9.44 Å². The molecule has 0 rings (SSSR count). The summed E-state index contributed by atoms with van der Waals surface area (Å²) in [5.41, 5.74) is 0. The molecule has 1 amide bonds. The van der Waals surface area contributed by atoms with Crippen LogP contribution in [0.15, 0.2) is 12.2 Å². The number of hydrogen-bond donors (Lipinski definition) is 1. The van der Waals surface area contributed by atoms with Crippen molar-refractivity contribution in [3.05, 3.63) is 17.4 Å². The van der Waals surface area contributed by atoms with E-state index in [4.69, 9.17) is 0 Å². The molecule has 4 nitrogen and oxygen atoms in total. The first-order valence-corrected chi connectivity index (χ1v) is 11.4. The van der Waals surface area contributed by atoms with Gasteiger partial charge in [-0.15, -0.1) is 0 Å². The Bertz CT molecular complexity index is 375. The highest BCUT2D eigenvalue weighted by Crippen LogP contribution is 2.11.